The van der Waals surface area contributed by atoms with Crippen molar-refractivity contribution < 1.29 is 9.53 Å². The molecule has 1 amide bonds. The highest BCUT2D eigenvalue weighted by molar-refractivity contribution is 6.30. The fourth-order valence-corrected chi connectivity index (χ4v) is 5.11. The number of unbranched alkanes of at least 4 members (excludes halogenated alkanes) is 1. The van der Waals surface area contributed by atoms with E-state index in [1.54, 1.807) is 17.2 Å². The second kappa shape index (κ2) is 10.5. The summed E-state index contributed by atoms with van der Waals surface area (Å²) in [5, 5.41) is 12.2. The molecule has 1 aromatic heterocycles. The number of nitriles is 1. The molecule has 0 saturated carbocycles. The van der Waals surface area contributed by atoms with Crippen LogP contribution >= 0.6 is 11.6 Å². The zero-order valence-electron chi connectivity index (χ0n) is 20.1. The van der Waals surface area contributed by atoms with Gasteiger partial charge in [-0.3, -0.25) is 4.79 Å². The minimum atomic E-state index is -0.874. The standard InChI is InChI=1S/C29H27ClN4O2/c1-20-32-15-18-33(20)16-4-5-17-34-26-12-11-22(30)19-25(26)28(36-27(13-14-31)29(34)35)24-10-6-8-21-7-2-3-9-23(21)24/h2-3,6-12,15,18-19,27-28H,4-5,13,16-17H2,1H3/t27-,28-/m1/s1. The smallest absolute Gasteiger partial charge is 0.257 e. The van der Waals surface area contributed by atoms with Crippen LogP contribution in [0.5, 0.6) is 0 Å². The van der Waals surface area contributed by atoms with Crippen molar-refractivity contribution in [3.05, 3.63) is 95.0 Å². The van der Waals surface area contributed by atoms with Crippen LogP contribution in [-0.4, -0.2) is 28.1 Å². The van der Waals surface area contributed by atoms with Crippen LogP contribution in [0.25, 0.3) is 10.8 Å². The average Bonchev–Trinajstić information content (AvgIpc) is 3.26. The Hall–Kier alpha value is -3.66. The van der Waals surface area contributed by atoms with Crippen LogP contribution in [0.3, 0.4) is 0 Å². The lowest BCUT2D eigenvalue weighted by Crippen LogP contribution is -2.39. The summed E-state index contributed by atoms with van der Waals surface area (Å²) in [6.45, 7) is 3.34. The van der Waals surface area contributed by atoms with Crippen molar-refractivity contribution in [2.45, 2.75) is 44.9 Å². The zero-order chi connectivity index (χ0) is 25.1. The van der Waals surface area contributed by atoms with E-state index in [1.807, 2.05) is 49.5 Å². The van der Waals surface area contributed by atoms with Gasteiger partial charge >= 0.3 is 0 Å². The van der Waals surface area contributed by atoms with Crippen LogP contribution in [0.4, 0.5) is 5.69 Å². The first-order chi connectivity index (χ1) is 17.6. The molecule has 3 aromatic carbocycles. The van der Waals surface area contributed by atoms with E-state index >= 15 is 0 Å². The molecule has 0 bridgehead atoms. The summed E-state index contributed by atoms with van der Waals surface area (Å²) >= 11 is 6.46. The Morgan fingerprint density at radius 3 is 2.67 bits per heavy atom. The molecular formula is C29H27ClN4O2. The Kier molecular flexibility index (Phi) is 7.04. The fourth-order valence-electron chi connectivity index (χ4n) is 4.93. The van der Waals surface area contributed by atoms with Crippen molar-refractivity contribution in [1.29, 1.82) is 5.26 Å². The Balaban J connectivity index is 1.52. The maximum Gasteiger partial charge on any atom is 0.257 e. The number of nitrogens with zero attached hydrogens (tertiary/aromatic N) is 4. The molecule has 1 aliphatic rings. The molecule has 0 spiro atoms. The Labute approximate surface area is 215 Å². The first-order valence-corrected chi connectivity index (χ1v) is 12.5. The number of aryl methyl sites for hydroxylation is 2. The maximum absolute atomic E-state index is 13.7. The molecule has 6 nitrogen and oxygen atoms in total. The number of aromatic nitrogens is 2. The Bertz CT molecular complexity index is 1440. The van der Waals surface area contributed by atoms with E-state index in [4.69, 9.17) is 16.3 Å². The molecule has 7 heteroatoms. The highest BCUT2D eigenvalue weighted by Gasteiger charge is 2.36. The summed E-state index contributed by atoms with van der Waals surface area (Å²) in [6.07, 6.45) is 4.02. The van der Waals surface area contributed by atoms with E-state index in [-0.39, 0.29) is 12.3 Å². The first-order valence-electron chi connectivity index (χ1n) is 12.2. The van der Waals surface area contributed by atoms with E-state index in [0.29, 0.717) is 11.6 Å². The van der Waals surface area contributed by atoms with Crippen LogP contribution in [0.1, 0.15) is 42.3 Å². The van der Waals surface area contributed by atoms with Gasteiger partial charge in [-0.2, -0.15) is 5.26 Å². The second-order valence-corrected chi connectivity index (χ2v) is 9.44. The molecule has 182 valence electrons. The molecule has 0 N–H and O–H groups in total. The molecule has 36 heavy (non-hydrogen) atoms. The lowest BCUT2D eigenvalue weighted by atomic mass is 9.94. The van der Waals surface area contributed by atoms with Crippen LogP contribution in [-0.2, 0) is 16.1 Å². The number of imidazole rings is 1. The van der Waals surface area contributed by atoms with Crippen molar-refractivity contribution in [3.8, 4) is 6.07 Å². The normalized spacial score (nSPS) is 17.6. The number of hydrogen-bond donors (Lipinski definition) is 0. The molecule has 0 radical (unpaired) electrons. The number of ether oxygens (including phenoxy) is 1. The van der Waals surface area contributed by atoms with E-state index < -0.39 is 12.2 Å². The van der Waals surface area contributed by atoms with Crippen LogP contribution in [0.2, 0.25) is 5.02 Å². The summed E-state index contributed by atoms with van der Waals surface area (Å²) in [7, 11) is 0. The van der Waals surface area contributed by atoms with Gasteiger partial charge in [-0.15, -0.1) is 0 Å². The summed E-state index contributed by atoms with van der Waals surface area (Å²) in [4.78, 5) is 19.8. The summed E-state index contributed by atoms with van der Waals surface area (Å²) < 4.78 is 8.57. The monoisotopic (exact) mass is 498 g/mol. The minimum Gasteiger partial charge on any atom is -0.355 e. The largest absolute Gasteiger partial charge is 0.355 e. The van der Waals surface area contributed by atoms with E-state index in [2.05, 4.69) is 33.8 Å². The molecule has 5 rings (SSSR count). The molecule has 1 aliphatic heterocycles. The maximum atomic E-state index is 13.7. The van der Waals surface area contributed by atoms with E-state index in [1.165, 1.54) is 0 Å². The molecule has 0 aliphatic carbocycles. The van der Waals surface area contributed by atoms with Gasteiger partial charge in [0.1, 0.15) is 11.9 Å². The van der Waals surface area contributed by atoms with Crippen molar-refractivity contribution in [3.63, 3.8) is 0 Å². The van der Waals surface area contributed by atoms with Crippen molar-refractivity contribution in [2.24, 2.45) is 0 Å². The van der Waals surface area contributed by atoms with Gasteiger partial charge in [0.15, 0.2) is 6.10 Å². The number of anilines is 1. The van der Waals surface area contributed by atoms with Crippen molar-refractivity contribution >= 4 is 34.0 Å². The van der Waals surface area contributed by atoms with Gasteiger partial charge in [-0.25, -0.2) is 4.98 Å². The lowest BCUT2D eigenvalue weighted by Gasteiger charge is -2.24. The Morgan fingerprint density at radius 2 is 1.86 bits per heavy atom. The fraction of sp³-hybridized carbons (Fsp3) is 0.276. The van der Waals surface area contributed by atoms with E-state index in [0.717, 1.165) is 52.8 Å². The first kappa shape index (κ1) is 24.1. The third-order valence-electron chi connectivity index (χ3n) is 6.74. The number of benzene rings is 3. The average molecular weight is 499 g/mol. The second-order valence-electron chi connectivity index (χ2n) is 9.00. The highest BCUT2D eigenvalue weighted by atomic mass is 35.5. The highest BCUT2D eigenvalue weighted by Crippen LogP contribution is 2.42. The van der Waals surface area contributed by atoms with Gasteiger partial charge in [0.25, 0.3) is 5.91 Å². The zero-order valence-corrected chi connectivity index (χ0v) is 20.9. The molecule has 2 atom stereocenters. The molecular weight excluding hydrogens is 472 g/mol. The van der Waals surface area contributed by atoms with Crippen molar-refractivity contribution in [2.75, 3.05) is 11.4 Å². The summed E-state index contributed by atoms with van der Waals surface area (Å²) in [5.41, 5.74) is 2.56. The van der Waals surface area contributed by atoms with Gasteiger partial charge in [-0.1, -0.05) is 54.1 Å². The number of amides is 1. The SMILES string of the molecule is Cc1nccn1CCCCN1C(=O)[C@@H](CC#N)O[C@H](c2cccc3ccccc23)c2cc(Cl)ccc21. The number of fused-ring (bicyclic) bond motifs is 2. The minimum absolute atomic E-state index is 0.0213. The molecule has 0 fully saturated rings. The van der Waals surface area contributed by atoms with Gasteiger partial charge in [0.2, 0.25) is 0 Å². The quantitative estimate of drug-likeness (QED) is 0.284. The predicted molar refractivity (Wildman–Crippen MR) is 141 cm³/mol. The Morgan fingerprint density at radius 1 is 1.06 bits per heavy atom. The number of carbonyl (C=O) groups excluding carboxylic acids is 1. The van der Waals surface area contributed by atoms with Crippen LogP contribution in [0.15, 0.2) is 73.1 Å². The number of halogens is 1. The van der Waals surface area contributed by atoms with Gasteiger partial charge in [0, 0.05) is 41.8 Å². The number of rotatable bonds is 7. The molecule has 0 unspecified atom stereocenters. The molecule has 0 saturated heterocycles. The van der Waals surface area contributed by atoms with Gasteiger partial charge in [0.05, 0.1) is 12.5 Å². The van der Waals surface area contributed by atoms with Crippen LogP contribution < -0.4 is 4.90 Å². The van der Waals surface area contributed by atoms with Gasteiger partial charge in [-0.05, 0) is 54.3 Å². The van der Waals surface area contributed by atoms with Crippen LogP contribution in [0, 0.1) is 18.3 Å². The summed E-state index contributed by atoms with van der Waals surface area (Å²) in [6, 6.07) is 21.9. The lowest BCUT2D eigenvalue weighted by molar-refractivity contribution is -0.131. The number of hydrogen-bond acceptors (Lipinski definition) is 4. The van der Waals surface area contributed by atoms with Crippen molar-refractivity contribution in [1.82, 2.24) is 9.55 Å². The predicted octanol–water partition coefficient (Wildman–Crippen LogP) is 6.21. The topological polar surface area (TPSA) is 71.2 Å². The third kappa shape index (κ3) is 4.73. The third-order valence-corrected chi connectivity index (χ3v) is 6.98. The summed E-state index contributed by atoms with van der Waals surface area (Å²) in [5.74, 6) is 0.780. The molecule has 4 aromatic rings. The number of carbonyl (C=O) groups is 1. The van der Waals surface area contributed by atoms with E-state index in [9.17, 15) is 10.1 Å². The van der Waals surface area contributed by atoms with Gasteiger partial charge < -0.3 is 14.2 Å². The molecule has 2 heterocycles.